The number of hydrogen-bond donors (Lipinski definition) is 1. The molecule has 0 radical (unpaired) electrons. The van der Waals surface area contributed by atoms with Gasteiger partial charge in [0.15, 0.2) is 0 Å². The Balaban J connectivity index is 2.41. The molecule has 1 atom stereocenters. The molecule has 1 nitrogen and oxygen atoms in total. The summed E-state index contributed by atoms with van der Waals surface area (Å²) >= 11 is 6.85. The Morgan fingerprint density at radius 3 is 2.24 bits per heavy atom. The number of aryl methyl sites for hydroxylation is 1. The Labute approximate surface area is 142 Å². The first-order chi connectivity index (χ1) is 10.0. The van der Waals surface area contributed by atoms with E-state index < -0.39 is 0 Å². The number of nitrogens with one attached hydrogen (secondary N) is 1. The van der Waals surface area contributed by atoms with Gasteiger partial charge in [0.25, 0.3) is 0 Å². The third-order valence-electron chi connectivity index (χ3n) is 3.40. The van der Waals surface area contributed by atoms with Crippen molar-refractivity contribution in [2.75, 3.05) is 6.54 Å². The summed E-state index contributed by atoms with van der Waals surface area (Å²) in [6.45, 7) is 5.11. The van der Waals surface area contributed by atoms with E-state index in [1.54, 1.807) is 0 Å². The first kappa shape index (κ1) is 16.7. The second-order valence-electron chi connectivity index (χ2n) is 5.07. The van der Waals surface area contributed by atoms with Gasteiger partial charge in [0.05, 0.1) is 10.5 Å². The lowest BCUT2D eigenvalue weighted by Gasteiger charge is -2.21. The van der Waals surface area contributed by atoms with Crippen molar-refractivity contribution in [1.29, 1.82) is 0 Å². The summed E-state index contributed by atoms with van der Waals surface area (Å²) in [4.78, 5) is 0. The van der Waals surface area contributed by atoms with Crippen molar-refractivity contribution in [2.45, 2.75) is 26.3 Å². The van der Waals surface area contributed by atoms with Gasteiger partial charge in [-0.15, -0.1) is 0 Å². The van der Waals surface area contributed by atoms with Gasteiger partial charge in [-0.05, 0) is 70.7 Å². The van der Waals surface area contributed by atoms with E-state index in [0.717, 1.165) is 23.0 Å². The maximum atomic E-state index is 13.5. The summed E-state index contributed by atoms with van der Waals surface area (Å²) in [6, 6.07) is 11.6. The van der Waals surface area contributed by atoms with Crippen LogP contribution in [0.1, 0.15) is 36.1 Å². The fourth-order valence-electron chi connectivity index (χ4n) is 2.20. The first-order valence-corrected chi connectivity index (χ1v) is 8.56. The molecule has 0 fully saturated rings. The SMILES string of the molecule is CCCNC(c1ccc(C)c(Br)c1)c1ccc(F)c(Br)c1. The molecule has 2 aromatic carbocycles. The number of halogens is 3. The molecule has 0 saturated carbocycles. The molecule has 0 aliphatic rings. The lowest BCUT2D eigenvalue weighted by atomic mass is 9.97. The van der Waals surface area contributed by atoms with Crippen LogP contribution in [0.2, 0.25) is 0 Å². The zero-order valence-corrected chi connectivity index (χ0v) is 15.3. The molecule has 4 heteroatoms. The largest absolute Gasteiger partial charge is 0.306 e. The van der Waals surface area contributed by atoms with Gasteiger partial charge >= 0.3 is 0 Å². The molecule has 2 rings (SSSR count). The molecule has 21 heavy (non-hydrogen) atoms. The monoisotopic (exact) mass is 413 g/mol. The highest BCUT2D eigenvalue weighted by Gasteiger charge is 2.15. The van der Waals surface area contributed by atoms with Gasteiger partial charge < -0.3 is 5.32 Å². The summed E-state index contributed by atoms with van der Waals surface area (Å²) in [5, 5.41) is 3.53. The predicted molar refractivity (Wildman–Crippen MR) is 93.1 cm³/mol. The van der Waals surface area contributed by atoms with Crippen LogP contribution in [-0.2, 0) is 0 Å². The van der Waals surface area contributed by atoms with E-state index in [2.05, 4.69) is 69.2 Å². The molecular weight excluding hydrogens is 397 g/mol. The Morgan fingerprint density at radius 2 is 1.67 bits per heavy atom. The van der Waals surface area contributed by atoms with Crippen molar-refractivity contribution in [3.63, 3.8) is 0 Å². The second kappa shape index (κ2) is 7.52. The highest BCUT2D eigenvalue weighted by molar-refractivity contribution is 9.10. The van der Waals surface area contributed by atoms with Gasteiger partial charge in [-0.1, -0.05) is 41.1 Å². The molecule has 0 amide bonds. The average Bonchev–Trinajstić information content (AvgIpc) is 2.46. The van der Waals surface area contributed by atoms with Crippen molar-refractivity contribution in [1.82, 2.24) is 5.32 Å². The maximum Gasteiger partial charge on any atom is 0.137 e. The molecule has 0 saturated heterocycles. The Hall–Kier alpha value is -0.710. The highest BCUT2D eigenvalue weighted by Crippen LogP contribution is 2.29. The molecule has 0 spiro atoms. The van der Waals surface area contributed by atoms with Crippen LogP contribution >= 0.6 is 31.9 Å². The summed E-state index contributed by atoms with van der Waals surface area (Å²) in [7, 11) is 0. The summed E-state index contributed by atoms with van der Waals surface area (Å²) in [5.41, 5.74) is 3.42. The van der Waals surface area contributed by atoms with Crippen molar-refractivity contribution >= 4 is 31.9 Å². The molecule has 0 aromatic heterocycles. The van der Waals surface area contributed by atoms with Crippen LogP contribution in [0.15, 0.2) is 45.3 Å². The molecule has 2 aromatic rings. The molecule has 1 N–H and O–H groups in total. The lowest BCUT2D eigenvalue weighted by molar-refractivity contribution is 0.590. The van der Waals surface area contributed by atoms with Gasteiger partial charge in [-0.25, -0.2) is 4.39 Å². The van der Waals surface area contributed by atoms with Crippen LogP contribution in [0.5, 0.6) is 0 Å². The minimum Gasteiger partial charge on any atom is -0.306 e. The van der Waals surface area contributed by atoms with Crippen molar-refractivity contribution in [2.24, 2.45) is 0 Å². The quantitative estimate of drug-likeness (QED) is 0.656. The van der Waals surface area contributed by atoms with Gasteiger partial charge in [0.2, 0.25) is 0 Å². The Morgan fingerprint density at radius 1 is 1.05 bits per heavy atom. The zero-order chi connectivity index (χ0) is 15.4. The van der Waals surface area contributed by atoms with E-state index in [4.69, 9.17) is 0 Å². The average molecular weight is 415 g/mol. The van der Waals surface area contributed by atoms with Crippen molar-refractivity contribution in [3.05, 3.63) is 67.9 Å². The van der Waals surface area contributed by atoms with E-state index in [0.29, 0.717) is 4.47 Å². The van der Waals surface area contributed by atoms with Crippen molar-refractivity contribution in [3.8, 4) is 0 Å². The highest BCUT2D eigenvalue weighted by atomic mass is 79.9. The molecule has 0 aliphatic heterocycles. The molecule has 0 heterocycles. The standard InChI is InChI=1S/C17H18Br2FN/c1-3-8-21-17(12-5-4-11(2)14(18)9-12)13-6-7-16(20)15(19)10-13/h4-7,9-10,17,21H,3,8H2,1-2H3. The van der Waals surface area contributed by atoms with Crippen LogP contribution < -0.4 is 5.32 Å². The Bertz CT molecular complexity index is 577. The number of hydrogen-bond acceptors (Lipinski definition) is 1. The predicted octanol–water partition coefficient (Wildman–Crippen LogP) is 5.75. The molecule has 112 valence electrons. The first-order valence-electron chi connectivity index (χ1n) is 6.97. The second-order valence-corrected chi connectivity index (χ2v) is 6.78. The van der Waals surface area contributed by atoms with E-state index in [9.17, 15) is 4.39 Å². The van der Waals surface area contributed by atoms with E-state index in [1.165, 1.54) is 17.2 Å². The maximum absolute atomic E-state index is 13.5. The summed E-state index contributed by atoms with van der Waals surface area (Å²) < 4.78 is 15.0. The fourth-order valence-corrected chi connectivity index (χ4v) is 2.99. The normalized spacial score (nSPS) is 12.4. The van der Waals surface area contributed by atoms with Gasteiger partial charge in [0.1, 0.15) is 5.82 Å². The number of rotatable bonds is 5. The van der Waals surface area contributed by atoms with Crippen molar-refractivity contribution < 1.29 is 4.39 Å². The minimum atomic E-state index is -0.238. The lowest BCUT2D eigenvalue weighted by Crippen LogP contribution is -2.23. The summed E-state index contributed by atoms with van der Waals surface area (Å²) in [6.07, 6.45) is 1.05. The van der Waals surface area contributed by atoms with E-state index >= 15 is 0 Å². The molecular formula is C17H18Br2FN. The van der Waals surface area contributed by atoms with Crippen LogP contribution in [0.3, 0.4) is 0 Å². The topological polar surface area (TPSA) is 12.0 Å². The van der Waals surface area contributed by atoms with Crippen LogP contribution in [0, 0.1) is 12.7 Å². The van der Waals surface area contributed by atoms with Crippen LogP contribution in [-0.4, -0.2) is 6.54 Å². The zero-order valence-electron chi connectivity index (χ0n) is 12.1. The Kier molecular flexibility index (Phi) is 5.97. The smallest absolute Gasteiger partial charge is 0.137 e. The molecule has 0 bridgehead atoms. The third kappa shape index (κ3) is 4.15. The van der Waals surface area contributed by atoms with Gasteiger partial charge in [-0.3, -0.25) is 0 Å². The summed E-state index contributed by atoms with van der Waals surface area (Å²) in [5.74, 6) is -0.238. The molecule has 1 unspecified atom stereocenters. The fraction of sp³-hybridized carbons (Fsp3) is 0.294. The van der Waals surface area contributed by atoms with Gasteiger partial charge in [0, 0.05) is 4.47 Å². The van der Waals surface area contributed by atoms with Crippen LogP contribution in [0.25, 0.3) is 0 Å². The van der Waals surface area contributed by atoms with Crippen LogP contribution in [0.4, 0.5) is 4.39 Å². The minimum absolute atomic E-state index is 0.0544. The van der Waals surface area contributed by atoms with E-state index in [-0.39, 0.29) is 11.9 Å². The van der Waals surface area contributed by atoms with Gasteiger partial charge in [-0.2, -0.15) is 0 Å². The number of benzene rings is 2. The van der Waals surface area contributed by atoms with E-state index in [1.807, 2.05) is 12.1 Å². The molecule has 0 aliphatic carbocycles. The third-order valence-corrected chi connectivity index (χ3v) is 4.87.